The van der Waals surface area contributed by atoms with Crippen molar-refractivity contribution in [1.29, 1.82) is 0 Å². The highest BCUT2D eigenvalue weighted by molar-refractivity contribution is 6.01. The Morgan fingerprint density at radius 3 is 2.76 bits per heavy atom. The molecule has 0 aromatic heterocycles. The van der Waals surface area contributed by atoms with Gasteiger partial charge in [-0.05, 0) is 37.8 Å². The Bertz CT molecular complexity index is 572. The Morgan fingerprint density at radius 1 is 1.29 bits per heavy atom. The maximum absolute atomic E-state index is 12.3. The molecule has 1 fully saturated rings. The summed E-state index contributed by atoms with van der Waals surface area (Å²) in [7, 11) is 0. The molecular formula is C16H18O5. The number of aromatic hydroxyl groups is 1. The second-order valence-electron chi connectivity index (χ2n) is 5.71. The van der Waals surface area contributed by atoms with Gasteiger partial charge in [-0.3, -0.25) is 9.59 Å². The first-order valence-electron chi connectivity index (χ1n) is 7.30. The SMILES string of the molecule is O=CCOc1ccc2c(c1O)OC1(CCCCC1)CC2=O. The summed E-state index contributed by atoms with van der Waals surface area (Å²) in [4.78, 5) is 22.7. The van der Waals surface area contributed by atoms with Crippen LogP contribution in [0.3, 0.4) is 0 Å². The van der Waals surface area contributed by atoms with Crippen LogP contribution in [0, 0.1) is 0 Å². The number of ether oxygens (including phenoxy) is 2. The molecule has 0 bridgehead atoms. The Kier molecular flexibility index (Phi) is 3.57. The topological polar surface area (TPSA) is 72.8 Å². The van der Waals surface area contributed by atoms with Gasteiger partial charge in [-0.15, -0.1) is 0 Å². The zero-order valence-corrected chi connectivity index (χ0v) is 11.8. The number of rotatable bonds is 3. The molecule has 1 aromatic rings. The highest BCUT2D eigenvalue weighted by atomic mass is 16.5. The van der Waals surface area contributed by atoms with Crippen molar-refractivity contribution in [2.24, 2.45) is 0 Å². The van der Waals surface area contributed by atoms with Crippen LogP contribution in [0.5, 0.6) is 17.2 Å². The van der Waals surface area contributed by atoms with Crippen molar-refractivity contribution in [3.63, 3.8) is 0 Å². The van der Waals surface area contributed by atoms with E-state index >= 15 is 0 Å². The molecule has 1 saturated carbocycles. The Labute approximate surface area is 122 Å². The van der Waals surface area contributed by atoms with Gasteiger partial charge >= 0.3 is 0 Å². The van der Waals surface area contributed by atoms with E-state index in [1.54, 1.807) is 6.07 Å². The average molecular weight is 290 g/mol. The normalized spacial score (nSPS) is 19.7. The van der Waals surface area contributed by atoms with E-state index in [-0.39, 0.29) is 29.6 Å². The molecule has 1 spiro atoms. The van der Waals surface area contributed by atoms with Gasteiger partial charge in [0.25, 0.3) is 0 Å². The van der Waals surface area contributed by atoms with E-state index < -0.39 is 5.60 Å². The first kappa shape index (κ1) is 13.9. The molecule has 1 aliphatic carbocycles. The van der Waals surface area contributed by atoms with Crippen molar-refractivity contribution in [1.82, 2.24) is 0 Å². The first-order chi connectivity index (χ1) is 10.2. The number of carbonyl (C=O) groups is 2. The van der Waals surface area contributed by atoms with Crippen molar-refractivity contribution in [2.45, 2.75) is 44.1 Å². The first-order valence-corrected chi connectivity index (χ1v) is 7.30. The largest absolute Gasteiger partial charge is 0.502 e. The summed E-state index contributed by atoms with van der Waals surface area (Å²) < 4.78 is 11.2. The molecule has 3 rings (SSSR count). The predicted octanol–water partition coefficient (Wildman–Crippen LogP) is 2.64. The molecule has 0 unspecified atom stereocenters. The minimum Gasteiger partial charge on any atom is -0.502 e. The maximum atomic E-state index is 12.3. The Hall–Kier alpha value is -2.04. The molecule has 112 valence electrons. The van der Waals surface area contributed by atoms with Crippen LogP contribution in [0.2, 0.25) is 0 Å². The fourth-order valence-electron chi connectivity index (χ4n) is 3.23. The molecule has 2 aliphatic rings. The number of fused-ring (bicyclic) bond motifs is 1. The molecule has 1 aliphatic heterocycles. The number of benzene rings is 1. The lowest BCUT2D eigenvalue weighted by molar-refractivity contribution is -0.109. The maximum Gasteiger partial charge on any atom is 0.201 e. The number of aldehydes is 1. The number of hydrogen-bond acceptors (Lipinski definition) is 5. The standard InChI is InChI=1S/C16H18O5/c17-8-9-20-13-5-4-11-12(18)10-16(6-2-1-3-7-16)21-15(11)14(13)19/h4-5,8,19H,1-3,6-7,9-10H2. The lowest BCUT2D eigenvalue weighted by Gasteiger charge is -2.40. The number of phenolic OH excluding ortho intramolecular Hbond substituents is 1. The molecule has 0 radical (unpaired) electrons. The highest BCUT2D eigenvalue weighted by Gasteiger charge is 2.42. The van der Waals surface area contributed by atoms with Crippen LogP contribution in [0.15, 0.2) is 12.1 Å². The summed E-state index contributed by atoms with van der Waals surface area (Å²) in [5, 5.41) is 10.3. The van der Waals surface area contributed by atoms with Crippen LogP contribution in [0.1, 0.15) is 48.9 Å². The monoisotopic (exact) mass is 290 g/mol. The molecule has 0 atom stereocenters. The molecule has 1 N–H and O–H groups in total. The van der Waals surface area contributed by atoms with Gasteiger partial charge in [-0.2, -0.15) is 0 Å². The number of carbonyl (C=O) groups excluding carboxylic acids is 2. The third-order valence-corrected chi connectivity index (χ3v) is 4.27. The van der Waals surface area contributed by atoms with Crippen LogP contribution < -0.4 is 9.47 Å². The smallest absolute Gasteiger partial charge is 0.201 e. The van der Waals surface area contributed by atoms with Crippen molar-refractivity contribution >= 4 is 12.1 Å². The van der Waals surface area contributed by atoms with Crippen molar-refractivity contribution < 1.29 is 24.2 Å². The van der Waals surface area contributed by atoms with E-state index in [1.165, 1.54) is 6.07 Å². The summed E-state index contributed by atoms with van der Waals surface area (Å²) in [6.45, 7) is -0.147. The number of Topliss-reactive ketones (excluding diaryl/α,β-unsaturated/α-hetero) is 1. The van der Waals surface area contributed by atoms with Gasteiger partial charge < -0.3 is 14.6 Å². The van der Waals surface area contributed by atoms with E-state index in [9.17, 15) is 14.7 Å². The molecule has 0 saturated heterocycles. The second-order valence-corrected chi connectivity index (χ2v) is 5.71. The second kappa shape index (κ2) is 5.39. The number of hydrogen-bond donors (Lipinski definition) is 1. The number of ketones is 1. The van der Waals surface area contributed by atoms with Gasteiger partial charge in [0, 0.05) is 0 Å². The molecule has 21 heavy (non-hydrogen) atoms. The molecular weight excluding hydrogens is 272 g/mol. The van der Waals surface area contributed by atoms with Crippen LogP contribution in [0.4, 0.5) is 0 Å². The lowest BCUT2D eigenvalue weighted by Crippen LogP contribution is -2.43. The quantitative estimate of drug-likeness (QED) is 0.866. The van der Waals surface area contributed by atoms with Gasteiger partial charge in [0.2, 0.25) is 5.75 Å². The van der Waals surface area contributed by atoms with Crippen LogP contribution in [0.25, 0.3) is 0 Å². The fourth-order valence-corrected chi connectivity index (χ4v) is 3.23. The summed E-state index contributed by atoms with van der Waals surface area (Å²) in [5.74, 6) is 0.181. The van der Waals surface area contributed by atoms with E-state index in [0.717, 1.165) is 32.1 Å². The minimum atomic E-state index is -0.483. The molecule has 5 heteroatoms. The molecule has 0 amide bonds. The third kappa shape index (κ3) is 2.48. The van der Waals surface area contributed by atoms with Crippen molar-refractivity contribution in [3.8, 4) is 17.2 Å². The third-order valence-electron chi connectivity index (χ3n) is 4.27. The van der Waals surface area contributed by atoms with Crippen molar-refractivity contribution in [2.75, 3.05) is 6.61 Å². The van der Waals surface area contributed by atoms with Crippen LogP contribution in [-0.2, 0) is 4.79 Å². The van der Waals surface area contributed by atoms with Crippen LogP contribution in [-0.4, -0.2) is 29.4 Å². The van der Waals surface area contributed by atoms with E-state index in [0.29, 0.717) is 18.3 Å². The lowest BCUT2D eigenvalue weighted by atomic mass is 9.78. The summed E-state index contributed by atoms with van der Waals surface area (Å²) in [6, 6.07) is 3.09. The van der Waals surface area contributed by atoms with Crippen LogP contribution >= 0.6 is 0 Å². The minimum absolute atomic E-state index is 0.00427. The van der Waals surface area contributed by atoms with Gasteiger partial charge in [0.05, 0.1) is 12.0 Å². The predicted molar refractivity (Wildman–Crippen MR) is 75.1 cm³/mol. The Balaban J connectivity index is 1.96. The fraction of sp³-hybridized carbons (Fsp3) is 0.500. The summed E-state index contributed by atoms with van der Waals surface area (Å²) in [5.41, 5.74) is -0.0922. The van der Waals surface area contributed by atoms with Gasteiger partial charge in [0.1, 0.15) is 12.2 Å². The molecule has 1 heterocycles. The summed E-state index contributed by atoms with van der Waals surface area (Å²) >= 11 is 0. The van der Waals surface area contributed by atoms with E-state index in [2.05, 4.69) is 0 Å². The van der Waals surface area contributed by atoms with E-state index in [4.69, 9.17) is 9.47 Å². The van der Waals surface area contributed by atoms with E-state index in [1.807, 2.05) is 0 Å². The molecule has 5 nitrogen and oxygen atoms in total. The number of phenols is 1. The van der Waals surface area contributed by atoms with Gasteiger partial charge in [-0.1, -0.05) is 6.42 Å². The van der Waals surface area contributed by atoms with Crippen molar-refractivity contribution in [3.05, 3.63) is 17.7 Å². The van der Waals surface area contributed by atoms with Gasteiger partial charge in [0.15, 0.2) is 23.6 Å². The highest BCUT2D eigenvalue weighted by Crippen LogP contribution is 2.48. The zero-order chi connectivity index (χ0) is 14.9. The molecule has 1 aromatic carbocycles. The average Bonchev–Trinajstić information content (AvgIpc) is 2.48. The van der Waals surface area contributed by atoms with Gasteiger partial charge in [-0.25, -0.2) is 0 Å². The Morgan fingerprint density at radius 2 is 2.05 bits per heavy atom. The summed E-state index contributed by atoms with van der Waals surface area (Å²) in [6.07, 6.45) is 5.85. The zero-order valence-electron chi connectivity index (χ0n) is 11.8.